The molecule has 2 N–H and O–H groups in total. The summed E-state index contributed by atoms with van der Waals surface area (Å²) in [5.41, 5.74) is 6.20. The van der Waals surface area contributed by atoms with E-state index in [0.29, 0.717) is 18.0 Å². The van der Waals surface area contributed by atoms with Gasteiger partial charge in [-0.15, -0.1) is 0 Å². The summed E-state index contributed by atoms with van der Waals surface area (Å²) in [6.45, 7) is 0.389. The Morgan fingerprint density at radius 1 is 1.19 bits per heavy atom. The summed E-state index contributed by atoms with van der Waals surface area (Å²) in [7, 11) is 0. The number of rotatable bonds is 3. The molecule has 2 rings (SSSR count). The van der Waals surface area contributed by atoms with Crippen molar-refractivity contribution in [3.8, 4) is 11.5 Å². The molecule has 1 aromatic carbocycles. The Balaban J connectivity index is 2.14. The number of hydrogen-bond acceptors (Lipinski definition) is 3. The van der Waals surface area contributed by atoms with Gasteiger partial charge < -0.3 is 10.5 Å². The van der Waals surface area contributed by atoms with Crippen molar-refractivity contribution in [3.05, 3.63) is 54.1 Å². The molecule has 4 heteroatoms. The molecule has 0 fully saturated rings. The molecule has 0 unspecified atom stereocenters. The maximum Gasteiger partial charge on any atom is 0.145 e. The molecule has 0 saturated carbocycles. The molecule has 3 nitrogen and oxygen atoms in total. The van der Waals surface area contributed by atoms with Gasteiger partial charge in [-0.25, -0.2) is 4.39 Å². The molecule has 0 bridgehead atoms. The molecular weight excluding hydrogens is 207 g/mol. The van der Waals surface area contributed by atoms with E-state index in [2.05, 4.69) is 4.98 Å². The van der Waals surface area contributed by atoms with Gasteiger partial charge in [0.1, 0.15) is 17.3 Å². The minimum absolute atomic E-state index is 0.330. The van der Waals surface area contributed by atoms with E-state index >= 15 is 0 Å². The van der Waals surface area contributed by atoms with Crippen molar-refractivity contribution < 1.29 is 9.13 Å². The van der Waals surface area contributed by atoms with Crippen molar-refractivity contribution in [1.29, 1.82) is 0 Å². The number of halogens is 1. The minimum Gasteiger partial charge on any atom is -0.456 e. The molecule has 0 aliphatic carbocycles. The van der Waals surface area contributed by atoms with Crippen LogP contribution in [0.3, 0.4) is 0 Å². The highest BCUT2D eigenvalue weighted by Gasteiger charge is 1.99. The first-order chi connectivity index (χ1) is 7.78. The van der Waals surface area contributed by atoms with Crippen LogP contribution in [-0.2, 0) is 6.54 Å². The fraction of sp³-hybridized carbons (Fsp3) is 0.0833. The van der Waals surface area contributed by atoms with Crippen LogP contribution in [0.1, 0.15) is 5.69 Å². The van der Waals surface area contributed by atoms with E-state index in [1.54, 1.807) is 30.5 Å². The van der Waals surface area contributed by atoms with Crippen molar-refractivity contribution in [1.82, 2.24) is 4.98 Å². The summed E-state index contributed by atoms with van der Waals surface area (Å²) in [5, 5.41) is 0. The molecule has 0 atom stereocenters. The third-order valence-electron chi connectivity index (χ3n) is 2.04. The van der Waals surface area contributed by atoms with E-state index in [0.717, 1.165) is 5.69 Å². The zero-order valence-corrected chi connectivity index (χ0v) is 8.56. The summed E-state index contributed by atoms with van der Waals surface area (Å²) in [4.78, 5) is 4.07. The molecule has 0 saturated heterocycles. The Morgan fingerprint density at radius 3 is 2.69 bits per heavy atom. The summed E-state index contributed by atoms with van der Waals surface area (Å²) in [6, 6.07) is 9.47. The molecule has 16 heavy (non-hydrogen) atoms. The van der Waals surface area contributed by atoms with Crippen LogP contribution in [0.2, 0.25) is 0 Å². The van der Waals surface area contributed by atoms with E-state index in [1.165, 1.54) is 12.1 Å². The number of hydrogen-bond donors (Lipinski definition) is 1. The third kappa shape index (κ3) is 2.55. The van der Waals surface area contributed by atoms with Crippen LogP contribution in [0.25, 0.3) is 0 Å². The van der Waals surface area contributed by atoms with E-state index in [-0.39, 0.29) is 5.82 Å². The van der Waals surface area contributed by atoms with Gasteiger partial charge in [-0.1, -0.05) is 6.07 Å². The summed E-state index contributed by atoms with van der Waals surface area (Å²) in [6.07, 6.45) is 1.56. The fourth-order valence-corrected chi connectivity index (χ4v) is 1.26. The maximum absolute atomic E-state index is 12.9. The van der Waals surface area contributed by atoms with Crippen molar-refractivity contribution in [2.45, 2.75) is 6.54 Å². The summed E-state index contributed by atoms with van der Waals surface area (Å²) < 4.78 is 18.3. The molecule has 1 heterocycles. The predicted octanol–water partition coefficient (Wildman–Crippen LogP) is 2.47. The Bertz CT molecular complexity index is 471. The zero-order chi connectivity index (χ0) is 11.4. The largest absolute Gasteiger partial charge is 0.456 e. The van der Waals surface area contributed by atoms with Crippen LogP contribution in [0.4, 0.5) is 4.39 Å². The SMILES string of the molecule is NCc1ccc(Oc2cccc(F)c2)cn1. The van der Waals surface area contributed by atoms with E-state index < -0.39 is 0 Å². The van der Waals surface area contributed by atoms with Crippen LogP contribution in [0.5, 0.6) is 11.5 Å². The highest BCUT2D eigenvalue weighted by atomic mass is 19.1. The summed E-state index contributed by atoms with van der Waals surface area (Å²) >= 11 is 0. The number of ether oxygens (including phenoxy) is 1. The van der Waals surface area contributed by atoms with Crippen LogP contribution in [0.15, 0.2) is 42.6 Å². The van der Waals surface area contributed by atoms with Crippen LogP contribution in [0, 0.1) is 5.82 Å². The van der Waals surface area contributed by atoms with Gasteiger partial charge in [0.05, 0.1) is 11.9 Å². The first-order valence-corrected chi connectivity index (χ1v) is 4.86. The quantitative estimate of drug-likeness (QED) is 0.860. The van der Waals surface area contributed by atoms with Gasteiger partial charge in [0.15, 0.2) is 0 Å². The standard InChI is InChI=1S/C12H11FN2O/c13-9-2-1-3-11(6-9)16-12-5-4-10(7-14)15-8-12/h1-6,8H,7,14H2. The lowest BCUT2D eigenvalue weighted by Crippen LogP contribution is -1.98. The fourth-order valence-electron chi connectivity index (χ4n) is 1.26. The van der Waals surface area contributed by atoms with Crippen LogP contribution >= 0.6 is 0 Å². The lowest BCUT2D eigenvalue weighted by Gasteiger charge is -2.05. The van der Waals surface area contributed by atoms with Crippen molar-refractivity contribution >= 4 is 0 Å². The molecule has 0 spiro atoms. The third-order valence-corrected chi connectivity index (χ3v) is 2.04. The zero-order valence-electron chi connectivity index (χ0n) is 8.56. The normalized spacial score (nSPS) is 10.1. The smallest absolute Gasteiger partial charge is 0.145 e. The first-order valence-electron chi connectivity index (χ1n) is 4.86. The molecule has 0 aliphatic rings. The highest BCUT2D eigenvalue weighted by Crippen LogP contribution is 2.20. The van der Waals surface area contributed by atoms with Gasteiger partial charge in [0, 0.05) is 12.6 Å². The number of benzene rings is 1. The van der Waals surface area contributed by atoms with E-state index in [4.69, 9.17) is 10.5 Å². The molecule has 0 radical (unpaired) electrons. The monoisotopic (exact) mass is 218 g/mol. The first kappa shape index (κ1) is 10.6. The van der Waals surface area contributed by atoms with Crippen LogP contribution in [-0.4, -0.2) is 4.98 Å². The van der Waals surface area contributed by atoms with E-state index in [9.17, 15) is 4.39 Å². The van der Waals surface area contributed by atoms with Gasteiger partial charge in [-0.3, -0.25) is 4.98 Å². The number of nitrogens with two attached hydrogens (primary N) is 1. The number of aromatic nitrogens is 1. The second-order valence-corrected chi connectivity index (χ2v) is 3.25. The molecular formula is C12H11FN2O. The Hall–Kier alpha value is -1.94. The van der Waals surface area contributed by atoms with Gasteiger partial charge in [0.2, 0.25) is 0 Å². The minimum atomic E-state index is -0.330. The molecule has 0 aliphatic heterocycles. The highest BCUT2D eigenvalue weighted by molar-refractivity contribution is 5.30. The lowest BCUT2D eigenvalue weighted by atomic mass is 10.3. The molecule has 82 valence electrons. The van der Waals surface area contributed by atoms with Gasteiger partial charge in [0.25, 0.3) is 0 Å². The van der Waals surface area contributed by atoms with Gasteiger partial charge in [-0.05, 0) is 24.3 Å². The molecule has 1 aromatic heterocycles. The lowest BCUT2D eigenvalue weighted by molar-refractivity contribution is 0.474. The second kappa shape index (κ2) is 4.72. The molecule has 2 aromatic rings. The topological polar surface area (TPSA) is 48.1 Å². The molecule has 0 amide bonds. The average Bonchev–Trinajstić information content (AvgIpc) is 2.30. The van der Waals surface area contributed by atoms with Gasteiger partial charge >= 0.3 is 0 Å². The van der Waals surface area contributed by atoms with Crippen molar-refractivity contribution in [2.75, 3.05) is 0 Å². The second-order valence-electron chi connectivity index (χ2n) is 3.25. The Kier molecular flexibility index (Phi) is 3.12. The maximum atomic E-state index is 12.9. The van der Waals surface area contributed by atoms with E-state index in [1.807, 2.05) is 0 Å². The average molecular weight is 218 g/mol. The van der Waals surface area contributed by atoms with Gasteiger partial charge in [-0.2, -0.15) is 0 Å². The number of nitrogens with zero attached hydrogens (tertiary/aromatic N) is 1. The predicted molar refractivity (Wildman–Crippen MR) is 58.6 cm³/mol. The van der Waals surface area contributed by atoms with Crippen LogP contribution < -0.4 is 10.5 Å². The summed E-state index contributed by atoms with van der Waals surface area (Å²) in [5.74, 6) is 0.675. The van der Waals surface area contributed by atoms with Crippen molar-refractivity contribution in [3.63, 3.8) is 0 Å². The number of pyridine rings is 1. The Morgan fingerprint density at radius 2 is 2.06 bits per heavy atom. The Labute approximate surface area is 92.7 Å². The van der Waals surface area contributed by atoms with Crippen molar-refractivity contribution in [2.24, 2.45) is 5.73 Å².